The van der Waals surface area contributed by atoms with Gasteiger partial charge in [-0.3, -0.25) is 9.69 Å². The van der Waals surface area contributed by atoms with Crippen LogP contribution in [0.3, 0.4) is 0 Å². The Morgan fingerprint density at radius 1 is 1.26 bits per heavy atom. The second-order valence-corrected chi connectivity index (χ2v) is 5.49. The van der Waals surface area contributed by atoms with E-state index < -0.39 is 0 Å². The SMILES string of the molecule is CC(=O)c1cc(F)ccc1N1CC(C)N(C)C(C)C1. The van der Waals surface area contributed by atoms with E-state index in [2.05, 4.69) is 30.7 Å². The summed E-state index contributed by atoms with van der Waals surface area (Å²) in [6, 6.07) is 5.31. The van der Waals surface area contributed by atoms with Gasteiger partial charge in [-0.15, -0.1) is 0 Å². The van der Waals surface area contributed by atoms with Gasteiger partial charge in [0, 0.05) is 36.4 Å². The second kappa shape index (κ2) is 5.29. The molecule has 2 rings (SSSR count). The Hall–Kier alpha value is -1.42. The van der Waals surface area contributed by atoms with Gasteiger partial charge in [-0.05, 0) is 46.0 Å². The summed E-state index contributed by atoms with van der Waals surface area (Å²) in [5.41, 5.74) is 1.32. The van der Waals surface area contributed by atoms with Crippen LogP contribution in [-0.4, -0.2) is 42.9 Å². The van der Waals surface area contributed by atoms with Crippen molar-refractivity contribution < 1.29 is 9.18 Å². The van der Waals surface area contributed by atoms with Gasteiger partial charge in [-0.25, -0.2) is 4.39 Å². The maximum atomic E-state index is 13.3. The topological polar surface area (TPSA) is 23.6 Å². The van der Waals surface area contributed by atoms with Crippen LogP contribution in [0.2, 0.25) is 0 Å². The van der Waals surface area contributed by atoms with E-state index in [-0.39, 0.29) is 11.6 Å². The number of hydrogen-bond acceptors (Lipinski definition) is 3. The third kappa shape index (κ3) is 2.78. The minimum atomic E-state index is -0.357. The van der Waals surface area contributed by atoms with Crippen molar-refractivity contribution in [3.05, 3.63) is 29.6 Å². The number of anilines is 1. The van der Waals surface area contributed by atoms with Gasteiger partial charge in [0.1, 0.15) is 5.82 Å². The zero-order chi connectivity index (χ0) is 14.2. The quantitative estimate of drug-likeness (QED) is 0.767. The van der Waals surface area contributed by atoms with E-state index in [0.717, 1.165) is 18.8 Å². The molecule has 2 atom stereocenters. The molecule has 19 heavy (non-hydrogen) atoms. The zero-order valence-electron chi connectivity index (χ0n) is 12.0. The molecule has 1 aliphatic rings. The van der Waals surface area contributed by atoms with Crippen molar-refractivity contribution >= 4 is 11.5 Å². The van der Waals surface area contributed by atoms with Gasteiger partial charge in [-0.2, -0.15) is 0 Å². The van der Waals surface area contributed by atoms with E-state index in [4.69, 9.17) is 0 Å². The number of likely N-dealkylation sites (N-methyl/N-ethyl adjacent to an activating group) is 1. The molecule has 3 nitrogen and oxygen atoms in total. The maximum Gasteiger partial charge on any atom is 0.161 e. The molecule has 0 amide bonds. The van der Waals surface area contributed by atoms with Gasteiger partial charge >= 0.3 is 0 Å². The van der Waals surface area contributed by atoms with Crippen molar-refractivity contribution in [1.29, 1.82) is 0 Å². The number of nitrogens with zero attached hydrogens (tertiary/aromatic N) is 2. The molecule has 1 aromatic carbocycles. The molecule has 1 heterocycles. The molecular formula is C15H21FN2O. The van der Waals surface area contributed by atoms with Crippen molar-refractivity contribution in [2.45, 2.75) is 32.9 Å². The number of hydrogen-bond donors (Lipinski definition) is 0. The highest BCUT2D eigenvalue weighted by Crippen LogP contribution is 2.26. The van der Waals surface area contributed by atoms with E-state index in [9.17, 15) is 9.18 Å². The van der Waals surface area contributed by atoms with Crippen molar-refractivity contribution in [2.75, 3.05) is 25.0 Å². The van der Waals surface area contributed by atoms with Gasteiger partial charge in [0.25, 0.3) is 0 Å². The van der Waals surface area contributed by atoms with E-state index in [0.29, 0.717) is 17.6 Å². The summed E-state index contributed by atoms with van der Waals surface area (Å²) < 4.78 is 13.3. The average molecular weight is 264 g/mol. The van der Waals surface area contributed by atoms with Crippen LogP contribution in [0, 0.1) is 5.82 Å². The number of piperazine rings is 1. The Labute approximate surface area is 114 Å². The number of rotatable bonds is 2. The lowest BCUT2D eigenvalue weighted by Crippen LogP contribution is -2.55. The minimum Gasteiger partial charge on any atom is -0.368 e. The van der Waals surface area contributed by atoms with Crippen LogP contribution < -0.4 is 4.90 Å². The van der Waals surface area contributed by atoms with Crippen molar-refractivity contribution in [1.82, 2.24) is 4.90 Å². The molecule has 0 spiro atoms. The summed E-state index contributed by atoms with van der Waals surface area (Å²) in [5.74, 6) is -0.446. The Morgan fingerprint density at radius 2 is 1.84 bits per heavy atom. The number of Topliss-reactive ketones (excluding diaryl/α,β-unsaturated/α-hetero) is 1. The second-order valence-electron chi connectivity index (χ2n) is 5.49. The molecule has 0 saturated carbocycles. The van der Waals surface area contributed by atoms with Gasteiger partial charge in [0.05, 0.1) is 0 Å². The monoisotopic (exact) mass is 264 g/mol. The molecule has 0 aliphatic carbocycles. The van der Waals surface area contributed by atoms with Crippen LogP contribution >= 0.6 is 0 Å². The zero-order valence-corrected chi connectivity index (χ0v) is 12.0. The molecule has 0 bridgehead atoms. The van der Waals surface area contributed by atoms with Crippen molar-refractivity contribution in [3.8, 4) is 0 Å². The first-order valence-corrected chi connectivity index (χ1v) is 6.67. The van der Waals surface area contributed by atoms with Gasteiger partial charge in [0.2, 0.25) is 0 Å². The first kappa shape index (κ1) is 14.0. The lowest BCUT2D eigenvalue weighted by molar-refractivity contribution is 0.101. The molecule has 1 fully saturated rings. The third-order valence-corrected chi connectivity index (χ3v) is 4.04. The summed E-state index contributed by atoms with van der Waals surface area (Å²) in [6.45, 7) is 7.53. The largest absolute Gasteiger partial charge is 0.368 e. The minimum absolute atomic E-state index is 0.0891. The molecule has 2 unspecified atom stereocenters. The normalized spacial score (nSPS) is 24.6. The summed E-state index contributed by atoms with van der Waals surface area (Å²) in [6.07, 6.45) is 0. The predicted molar refractivity (Wildman–Crippen MR) is 75.3 cm³/mol. The molecule has 1 saturated heterocycles. The fourth-order valence-electron chi connectivity index (χ4n) is 2.67. The van der Waals surface area contributed by atoms with Gasteiger partial charge < -0.3 is 4.90 Å². The summed E-state index contributed by atoms with van der Waals surface area (Å²) in [7, 11) is 2.11. The van der Waals surface area contributed by atoms with Crippen molar-refractivity contribution in [2.24, 2.45) is 0 Å². The molecule has 1 aromatic rings. The van der Waals surface area contributed by atoms with Crippen LogP contribution in [0.15, 0.2) is 18.2 Å². The number of halogens is 1. The number of ketones is 1. The first-order valence-electron chi connectivity index (χ1n) is 6.67. The maximum absolute atomic E-state index is 13.3. The van der Waals surface area contributed by atoms with Crippen LogP contribution in [0.25, 0.3) is 0 Å². The Bertz CT molecular complexity index is 477. The highest BCUT2D eigenvalue weighted by atomic mass is 19.1. The Morgan fingerprint density at radius 3 is 2.37 bits per heavy atom. The molecular weight excluding hydrogens is 243 g/mol. The first-order chi connectivity index (χ1) is 8.90. The van der Waals surface area contributed by atoms with Crippen LogP contribution in [0.1, 0.15) is 31.1 Å². The molecule has 0 aromatic heterocycles. The number of benzene rings is 1. The number of carbonyl (C=O) groups is 1. The summed E-state index contributed by atoms with van der Waals surface area (Å²) in [5, 5.41) is 0. The summed E-state index contributed by atoms with van der Waals surface area (Å²) >= 11 is 0. The van der Waals surface area contributed by atoms with E-state index in [1.165, 1.54) is 19.1 Å². The standard InChI is InChI=1S/C15H21FN2O/c1-10-8-18(9-11(2)17(10)4)15-6-5-13(16)7-14(15)12(3)19/h5-7,10-11H,8-9H2,1-4H3. The fraction of sp³-hybridized carbons (Fsp3) is 0.533. The van der Waals surface area contributed by atoms with E-state index in [1.807, 2.05) is 0 Å². The number of carbonyl (C=O) groups excluding carboxylic acids is 1. The van der Waals surface area contributed by atoms with E-state index in [1.54, 1.807) is 6.07 Å². The highest BCUT2D eigenvalue weighted by molar-refractivity contribution is 5.99. The lowest BCUT2D eigenvalue weighted by atomic mass is 10.0. The third-order valence-electron chi connectivity index (χ3n) is 4.04. The summed E-state index contributed by atoms with van der Waals surface area (Å²) in [4.78, 5) is 16.2. The van der Waals surface area contributed by atoms with Crippen LogP contribution in [0.5, 0.6) is 0 Å². The Kier molecular flexibility index (Phi) is 3.90. The van der Waals surface area contributed by atoms with Crippen molar-refractivity contribution in [3.63, 3.8) is 0 Å². The molecule has 4 heteroatoms. The lowest BCUT2D eigenvalue weighted by Gasteiger charge is -2.44. The average Bonchev–Trinajstić information content (AvgIpc) is 2.35. The molecule has 104 valence electrons. The van der Waals surface area contributed by atoms with Crippen LogP contribution in [-0.2, 0) is 0 Å². The Balaban J connectivity index is 2.34. The fourth-order valence-corrected chi connectivity index (χ4v) is 2.67. The molecule has 0 radical (unpaired) electrons. The molecule has 1 aliphatic heterocycles. The van der Waals surface area contributed by atoms with Crippen LogP contribution in [0.4, 0.5) is 10.1 Å². The van der Waals surface area contributed by atoms with Gasteiger partial charge in [-0.1, -0.05) is 0 Å². The molecule has 0 N–H and O–H groups in total. The van der Waals surface area contributed by atoms with E-state index >= 15 is 0 Å². The predicted octanol–water partition coefficient (Wildman–Crippen LogP) is 2.56. The smallest absolute Gasteiger partial charge is 0.161 e. The highest BCUT2D eigenvalue weighted by Gasteiger charge is 2.28. The van der Waals surface area contributed by atoms with Gasteiger partial charge in [0.15, 0.2) is 5.78 Å².